The minimum atomic E-state index is 0.527. The third-order valence-corrected chi connectivity index (χ3v) is 4.02. The molecule has 0 amide bonds. The highest BCUT2D eigenvalue weighted by Crippen LogP contribution is 2.07. The van der Waals surface area contributed by atoms with Crippen LogP contribution in [0, 0.1) is 0 Å². The van der Waals surface area contributed by atoms with Crippen LogP contribution in [0.2, 0.25) is 0 Å². The van der Waals surface area contributed by atoms with Crippen LogP contribution in [-0.2, 0) is 33.2 Å². The molecule has 0 fully saturated rings. The molecule has 0 aromatic heterocycles. The lowest BCUT2D eigenvalue weighted by Gasteiger charge is -2.09. The maximum Gasteiger partial charge on any atom is 0.119 e. The number of hydrogen-bond acceptors (Lipinski definition) is 8. The van der Waals surface area contributed by atoms with Gasteiger partial charge in [0.2, 0.25) is 0 Å². The lowest BCUT2D eigenvalue weighted by atomic mass is 10.3. The Labute approximate surface area is 194 Å². The predicted octanol–water partition coefficient (Wildman–Crippen LogP) is 2.58. The maximum atomic E-state index is 5.53. The van der Waals surface area contributed by atoms with Crippen LogP contribution in [-0.4, -0.2) is 104 Å². The summed E-state index contributed by atoms with van der Waals surface area (Å²) >= 11 is 3.30. The Hall–Kier alpha value is -0.780. The van der Waals surface area contributed by atoms with Crippen molar-refractivity contribution in [2.75, 3.05) is 104 Å². The first kappa shape index (κ1) is 28.3. The largest absolute Gasteiger partial charge is 0.491 e. The molecule has 180 valence electrons. The lowest BCUT2D eigenvalue weighted by Crippen LogP contribution is -2.15. The summed E-state index contributed by atoms with van der Waals surface area (Å²) in [5.74, 6) is 0.851. The molecule has 0 bridgehead atoms. The molecule has 0 aliphatic carbocycles. The van der Waals surface area contributed by atoms with Crippen LogP contribution in [0.25, 0.3) is 0 Å². The van der Waals surface area contributed by atoms with Gasteiger partial charge in [0.1, 0.15) is 12.4 Å². The summed E-state index contributed by atoms with van der Waals surface area (Å²) < 4.78 is 43.4. The van der Waals surface area contributed by atoms with Gasteiger partial charge in [0.25, 0.3) is 0 Å². The summed E-state index contributed by atoms with van der Waals surface area (Å²) in [6.45, 7) is 8.39. The van der Waals surface area contributed by atoms with E-state index in [1.54, 1.807) is 0 Å². The quantitative estimate of drug-likeness (QED) is 0.156. The molecule has 0 atom stereocenters. The zero-order chi connectivity index (χ0) is 22.1. The van der Waals surface area contributed by atoms with E-state index in [-0.39, 0.29) is 0 Å². The SMILES string of the molecule is BrCCOCCOCCOCCOCCOCCOCCOCCOc1ccccc1. The molecule has 1 aromatic rings. The molecule has 0 radical (unpaired) electrons. The average Bonchev–Trinajstić information content (AvgIpc) is 2.80. The van der Waals surface area contributed by atoms with Crippen LogP contribution in [0.4, 0.5) is 0 Å². The Balaban J connectivity index is 1.65. The molecular formula is C22H37BrO8. The van der Waals surface area contributed by atoms with E-state index in [1.807, 2.05) is 30.3 Å². The Kier molecular flexibility index (Phi) is 21.8. The van der Waals surface area contributed by atoms with E-state index < -0.39 is 0 Å². The Bertz CT molecular complexity index is 466. The smallest absolute Gasteiger partial charge is 0.119 e. The molecule has 0 heterocycles. The first-order valence-electron chi connectivity index (χ1n) is 10.7. The van der Waals surface area contributed by atoms with Crippen LogP contribution in [0.15, 0.2) is 30.3 Å². The molecule has 0 aliphatic rings. The van der Waals surface area contributed by atoms with Gasteiger partial charge in [-0.25, -0.2) is 0 Å². The number of hydrogen-bond donors (Lipinski definition) is 0. The fourth-order valence-corrected chi connectivity index (χ4v) is 2.44. The predicted molar refractivity (Wildman–Crippen MR) is 121 cm³/mol. The van der Waals surface area contributed by atoms with E-state index in [2.05, 4.69) is 15.9 Å². The van der Waals surface area contributed by atoms with Gasteiger partial charge in [-0.15, -0.1) is 0 Å². The summed E-state index contributed by atoms with van der Waals surface area (Å²) in [4.78, 5) is 0. The highest BCUT2D eigenvalue weighted by Gasteiger charge is 1.95. The summed E-state index contributed by atoms with van der Waals surface area (Å²) in [6, 6.07) is 9.68. The normalized spacial score (nSPS) is 11.1. The Morgan fingerprint density at radius 1 is 0.419 bits per heavy atom. The van der Waals surface area contributed by atoms with E-state index in [1.165, 1.54) is 0 Å². The van der Waals surface area contributed by atoms with Crippen molar-refractivity contribution >= 4 is 15.9 Å². The monoisotopic (exact) mass is 508 g/mol. The molecule has 0 aliphatic heterocycles. The molecule has 0 unspecified atom stereocenters. The van der Waals surface area contributed by atoms with Crippen molar-refractivity contribution in [2.24, 2.45) is 0 Å². The third kappa shape index (κ3) is 20.9. The molecule has 1 aromatic carbocycles. The van der Waals surface area contributed by atoms with Crippen molar-refractivity contribution in [1.82, 2.24) is 0 Å². The van der Waals surface area contributed by atoms with Gasteiger partial charge in [0, 0.05) is 5.33 Å². The van der Waals surface area contributed by atoms with Crippen molar-refractivity contribution in [3.05, 3.63) is 30.3 Å². The van der Waals surface area contributed by atoms with Crippen molar-refractivity contribution in [3.8, 4) is 5.75 Å². The van der Waals surface area contributed by atoms with Gasteiger partial charge in [-0.2, -0.15) is 0 Å². The Morgan fingerprint density at radius 2 is 0.742 bits per heavy atom. The van der Waals surface area contributed by atoms with Crippen LogP contribution in [0.1, 0.15) is 0 Å². The summed E-state index contributed by atoms with van der Waals surface area (Å²) in [6.07, 6.45) is 0. The maximum absolute atomic E-state index is 5.53. The van der Waals surface area contributed by atoms with Gasteiger partial charge in [-0.1, -0.05) is 34.1 Å². The summed E-state index contributed by atoms with van der Waals surface area (Å²) in [7, 11) is 0. The van der Waals surface area contributed by atoms with Crippen LogP contribution in [0.3, 0.4) is 0 Å². The first-order valence-corrected chi connectivity index (χ1v) is 11.8. The molecule has 31 heavy (non-hydrogen) atoms. The number of halogens is 1. The van der Waals surface area contributed by atoms with E-state index >= 15 is 0 Å². The van der Waals surface area contributed by atoms with Crippen molar-refractivity contribution in [2.45, 2.75) is 0 Å². The molecular weight excluding hydrogens is 472 g/mol. The number of rotatable bonds is 24. The van der Waals surface area contributed by atoms with Gasteiger partial charge in [-0.05, 0) is 12.1 Å². The summed E-state index contributed by atoms with van der Waals surface area (Å²) in [5.41, 5.74) is 0. The fraction of sp³-hybridized carbons (Fsp3) is 0.727. The molecule has 8 nitrogen and oxygen atoms in total. The van der Waals surface area contributed by atoms with Crippen LogP contribution < -0.4 is 4.74 Å². The number of alkyl halides is 1. The minimum Gasteiger partial charge on any atom is -0.491 e. The average molecular weight is 509 g/mol. The lowest BCUT2D eigenvalue weighted by molar-refractivity contribution is -0.0208. The van der Waals surface area contributed by atoms with Crippen molar-refractivity contribution in [1.29, 1.82) is 0 Å². The molecule has 0 spiro atoms. The van der Waals surface area contributed by atoms with Crippen LogP contribution >= 0.6 is 15.9 Å². The highest BCUT2D eigenvalue weighted by molar-refractivity contribution is 9.09. The second-order valence-corrected chi connectivity index (χ2v) is 6.93. The topological polar surface area (TPSA) is 73.8 Å². The van der Waals surface area contributed by atoms with Gasteiger partial charge < -0.3 is 37.9 Å². The Morgan fingerprint density at radius 3 is 1.10 bits per heavy atom. The molecule has 0 saturated carbocycles. The summed E-state index contributed by atoms with van der Waals surface area (Å²) in [5, 5.41) is 0.844. The number of benzene rings is 1. The van der Waals surface area contributed by atoms with Crippen LogP contribution in [0.5, 0.6) is 5.75 Å². The highest BCUT2D eigenvalue weighted by atomic mass is 79.9. The van der Waals surface area contributed by atoms with Crippen molar-refractivity contribution < 1.29 is 37.9 Å². The van der Waals surface area contributed by atoms with Gasteiger partial charge >= 0.3 is 0 Å². The number of ether oxygens (including phenoxy) is 8. The van der Waals surface area contributed by atoms with E-state index in [0.717, 1.165) is 11.1 Å². The van der Waals surface area contributed by atoms with Crippen molar-refractivity contribution in [3.63, 3.8) is 0 Å². The molecule has 0 saturated heterocycles. The van der Waals surface area contributed by atoms with Gasteiger partial charge in [0.15, 0.2) is 0 Å². The van der Waals surface area contributed by atoms with E-state index in [0.29, 0.717) is 99.1 Å². The number of para-hydroxylation sites is 1. The standard InChI is InChI=1S/C22H37BrO8/c23-6-7-24-8-9-25-10-11-26-12-13-27-14-15-28-16-17-29-18-19-30-20-21-31-22-4-2-1-3-5-22/h1-5H,6-21H2. The zero-order valence-corrected chi connectivity index (χ0v) is 19.9. The first-order chi connectivity index (χ1) is 15.4. The second-order valence-electron chi connectivity index (χ2n) is 6.14. The fourth-order valence-electron chi connectivity index (χ4n) is 2.21. The van der Waals surface area contributed by atoms with E-state index in [9.17, 15) is 0 Å². The second kappa shape index (κ2) is 23.9. The van der Waals surface area contributed by atoms with Gasteiger partial charge in [-0.3, -0.25) is 0 Å². The molecule has 9 heteroatoms. The van der Waals surface area contributed by atoms with Gasteiger partial charge in [0.05, 0.1) is 92.5 Å². The minimum absolute atomic E-state index is 0.527. The third-order valence-electron chi connectivity index (χ3n) is 3.69. The molecule has 0 N–H and O–H groups in total. The molecule has 1 rings (SSSR count). The zero-order valence-electron chi connectivity index (χ0n) is 18.3. The van der Waals surface area contributed by atoms with E-state index in [4.69, 9.17) is 37.9 Å².